The Hall–Kier alpha value is -2.03. The Morgan fingerprint density at radius 3 is 2.77 bits per heavy atom. The summed E-state index contributed by atoms with van der Waals surface area (Å²) in [6.07, 6.45) is 1.67. The number of nitrogens with zero attached hydrogens (tertiary/aromatic N) is 2. The van der Waals surface area contributed by atoms with Crippen LogP contribution in [0.4, 0.5) is 5.69 Å². The second-order valence-electron chi connectivity index (χ2n) is 4.23. The zero-order chi connectivity index (χ0) is 15.1. The summed E-state index contributed by atoms with van der Waals surface area (Å²) in [6, 6.07) is 11.2. The van der Waals surface area contributed by atoms with Gasteiger partial charge in [0.25, 0.3) is 0 Å². The van der Waals surface area contributed by atoms with Gasteiger partial charge in [0.15, 0.2) is 5.96 Å². The van der Waals surface area contributed by atoms with Crippen molar-refractivity contribution in [1.82, 2.24) is 4.98 Å². The molecule has 0 spiro atoms. The van der Waals surface area contributed by atoms with Gasteiger partial charge in [0, 0.05) is 23.5 Å². The van der Waals surface area contributed by atoms with Crippen LogP contribution in [0.1, 0.15) is 5.56 Å². The molecule has 0 aliphatic rings. The van der Waals surface area contributed by atoms with E-state index in [1.807, 2.05) is 36.4 Å². The van der Waals surface area contributed by atoms with E-state index >= 15 is 0 Å². The molecule has 1 aromatic heterocycles. The molecule has 0 aliphatic heterocycles. The molecule has 2 aromatic rings. The second kappa shape index (κ2) is 9.08. The maximum absolute atomic E-state index is 5.87. The molecule has 1 heterocycles. The minimum atomic E-state index is 0. The molecular weight excluding hydrogens is 395 g/mol. The first-order valence-corrected chi connectivity index (χ1v) is 6.42. The molecule has 7 heteroatoms. The third-order valence-electron chi connectivity index (χ3n) is 2.81. The molecule has 0 unspecified atom stereocenters. The van der Waals surface area contributed by atoms with E-state index in [1.165, 1.54) is 0 Å². The number of nitrogens with one attached hydrogen (secondary N) is 1. The highest BCUT2D eigenvalue weighted by molar-refractivity contribution is 14.0. The summed E-state index contributed by atoms with van der Waals surface area (Å²) in [7, 11) is 3.19. The lowest BCUT2D eigenvalue weighted by Gasteiger charge is -2.08. The lowest BCUT2D eigenvalue weighted by atomic mass is 10.3. The number of hydrogen-bond donors (Lipinski definition) is 2. The van der Waals surface area contributed by atoms with Crippen LogP contribution in [0.25, 0.3) is 0 Å². The number of guanidine groups is 1. The van der Waals surface area contributed by atoms with E-state index in [4.69, 9.17) is 15.2 Å². The van der Waals surface area contributed by atoms with Crippen LogP contribution in [0, 0.1) is 0 Å². The number of ether oxygens (including phenoxy) is 2. The highest BCUT2D eigenvalue weighted by atomic mass is 127. The lowest BCUT2D eigenvalue weighted by molar-refractivity contribution is 0.392. The third kappa shape index (κ3) is 5.06. The van der Waals surface area contributed by atoms with Crippen LogP contribution in [0.15, 0.2) is 47.6 Å². The van der Waals surface area contributed by atoms with Gasteiger partial charge in [0.1, 0.15) is 5.75 Å². The Labute approximate surface area is 146 Å². The van der Waals surface area contributed by atoms with E-state index in [0.717, 1.165) is 17.0 Å². The Morgan fingerprint density at radius 2 is 2.05 bits per heavy atom. The molecule has 0 bridgehead atoms. The fourth-order valence-corrected chi connectivity index (χ4v) is 1.79. The molecule has 0 saturated carbocycles. The van der Waals surface area contributed by atoms with Crippen molar-refractivity contribution in [3.8, 4) is 11.6 Å². The van der Waals surface area contributed by atoms with Crippen molar-refractivity contribution >= 4 is 35.6 Å². The largest absolute Gasteiger partial charge is 0.497 e. The first kappa shape index (κ1) is 18.0. The zero-order valence-corrected chi connectivity index (χ0v) is 14.8. The second-order valence-corrected chi connectivity index (χ2v) is 4.23. The molecule has 0 radical (unpaired) electrons. The van der Waals surface area contributed by atoms with Crippen LogP contribution in [-0.4, -0.2) is 25.2 Å². The highest BCUT2D eigenvalue weighted by Gasteiger charge is 2.03. The molecule has 3 N–H and O–H groups in total. The van der Waals surface area contributed by atoms with Crippen LogP contribution >= 0.6 is 24.0 Å². The number of benzene rings is 1. The van der Waals surface area contributed by atoms with Crippen molar-refractivity contribution in [3.63, 3.8) is 0 Å². The smallest absolute Gasteiger partial charge is 0.218 e. The SMILES string of the molecule is COc1cccc(NC(N)=NCc2cccnc2OC)c1.I. The van der Waals surface area contributed by atoms with E-state index in [-0.39, 0.29) is 24.0 Å². The Bertz CT molecular complexity index is 634. The van der Waals surface area contributed by atoms with Crippen molar-refractivity contribution in [2.75, 3.05) is 19.5 Å². The zero-order valence-electron chi connectivity index (χ0n) is 12.4. The maximum atomic E-state index is 5.87. The van der Waals surface area contributed by atoms with Crippen LogP contribution in [0.3, 0.4) is 0 Å². The van der Waals surface area contributed by atoms with Gasteiger partial charge >= 0.3 is 0 Å². The van der Waals surface area contributed by atoms with Gasteiger partial charge in [-0.3, -0.25) is 0 Å². The lowest BCUT2D eigenvalue weighted by Crippen LogP contribution is -2.22. The van der Waals surface area contributed by atoms with E-state index < -0.39 is 0 Å². The number of halogens is 1. The molecule has 2 rings (SSSR count). The van der Waals surface area contributed by atoms with Crippen LogP contribution in [0.2, 0.25) is 0 Å². The molecule has 0 amide bonds. The van der Waals surface area contributed by atoms with Gasteiger partial charge in [-0.2, -0.15) is 0 Å². The third-order valence-corrected chi connectivity index (χ3v) is 2.81. The number of methoxy groups -OCH3 is 2. The van der Waals surface area contributed by atoms with Gasteiger partial charge in [0.2, 0.25) is 5.88 Å². The number of hydrogen-bond acceptors (Lipinski definition) is 4. The summed E-state index contributed by atoms with van der Waals surface area (Å²) < 4.78 is 10.3. The summed E-state index contributed by atoms with van der Waals surface area (Å²) in [5.41, 5.74) is 7.56. The summed E-state index contributed by atoms with van der Waals surface area (Å²) in [5.74, 6) is 1.62. The summed E-state index contributed by atoms with van der Waals surface area (Å²) in [6.45, 7) is 0.389. The topological polar surface area (TPSA) is 81.8 Å². The number of nitrogens with two attached hydrogens (primary N) is 1. The Balaban J connectivity index is 0.00000242. The Morgan fingerprint density at radius 1 is 1.23 bits per heavy atom. The molecule has 0 saturated heterocycles. The number of anilines is 1. The fraction of sp³-hybridized carbons (Fsp3) is 0.200. The average Bonchev–Trinajstić information content (AvgIpc) is 2.53. The van der Waals surface area contributed by atoms with Gasteiger partial charge < -0.3 is 20.5 Å². The van der Waals surface area contributed by atoms with Crippen molar-refractivity contribution in [2.45, 2.75) is 6.54 Å². The average molecular weight is 414 g/mol. The number of aromatic nitrogens is 1. The predicted molar refractivity (Wildman–Crippen MR) is 98.1 cm³/mol. The van der Waals surface area contributed by atoms with E-state index in [1.54, 1.807) is 20.4 Å². The fourth-order valence-electron chi connectivity index (χ4n) is 1.79. The van der Waals surface area contributed by atoms with Crippen molar-refractivity contribution in [2.24, 2.45) is 10.7 Å². The molecule has 0 aliphatic carbocycles. The van der Waals surface area contributed by atoms with Gasteiger partial charge in [-0.05, 0) is 18.2 Å². The van der Waals surface area contributed by atoms with Gasteiger partial charge in [-0.1, -0.05) is 12.1 Å². The van der Waals surface area contributed by atoms with Crippen LogP contribution in [-0.2, 0) is 6.54 Å². The highest BCUT2D eigenvalue weighted by Crippen LogP contribution is 2.17. The van der Waals surface area contributed by atoms with E-state index in [9.17, 15) is 0 Å². The summed E-state index contributed by atoms with van der Waals surface area (Å²) in [4.78, 5) is 8.39. The molecule has 0 atom stereocenters. The van der Waals surface area contributed by atoms with Crippen molar-refractivity contribution < 1.29 is 9.47 Å². The number of pyridine rings is 1. The minimum Gasteiger partial charge on any atom is -0.497 e. The van der Waals surface area contributed by atoms with Crippen LogP contribution < -0.4 is 20.5 Å². The van der Waals surface area contributed by atoms with E-state index in [0.29, 0.717) is 18.4 Å². The van der Waals surface area contributed by atoms with E-state index in [2.05, 4.69) is 15.3 Å². The monoisotopic (exact) mass is 414 g/mol. The quantitative estimate of drug-likeness (QED) is 0.447. The van der Waals surface area contributed by atoms with Gasteiger partial charge in [-0.15, -0.1) is 24.0 Å². The number of rotatable bonds is 5. The molecule has 1 aromatic carbocycles. The molecule has 0 fully saturated rings. The minimum absolute atomic E-state index is 0. The molecular formula is C15H19IN4O2. The first-order chi connectivity index (χ1) is 10.2. The van der Waals surface area contributed by atoms with Gasteiger partial charge in [0.05, 0.1) is 20.8 Å². The first-order valence-electron chi connectivity index (χ1n) is 6.42. The Kier molecular flexibility index (Phi) is 7.44. The maximum Gasteiger partial charge on any atom is 0.218 e. The predicted octanol–water partition coefficient (Wildman–Crippen LogP) is 2.64. The number of aliphatic imine (C=N–C) groups is 1. The standard InChI is InChI=1S/C15H18N4O2.HI/c1-20-13-7-3-6-12(9-13)19-15(16)18-10-11-5-4-8-17-14(11)21-2;/h3-9H,10H2,1-2H3,(H3,16,18,19);1H. The summed E-state index contributed by atoms with van der Waals surface area (Å²) in [5, 5.41) is 3.01. The molecule has 22 heavy (non-hydrogen) atoms. The molecule has 118 valence electrons. The normalized spacial score (nSPS) is 10.5. The summed E-state index contributed by atoms with van der Waals surface area (Å²) >= 11 is 0. The van der Waals surface area contributed by atoms with Gasteiger partial charge in [-0.25, -0.2) is 9.98 Å². The molecule has 6 nitrogen and oxygen atoms in total. The van der Waals surface area contributed by atoms with Crippen molar-refractivity contribution in [1.29, 1.82) is 0 Å². The van der Waals surface area contributed by atoms with Crippen molar-refractivity contribution in [3.05, 3.63) is 48.2 Å². The van der Waals surface area contributed by atoms with Crippen LogP contribution in [0.5, 0.6) is 11.6 Å².